The minimum absolute atomic E-state index is 0.575. The molecule has 1 aromatic heterocycles. The number of hydrogen-bond donors (Lipinski definition) is 1. The van der Waals surface area contributed by atoms with Gasteiger partial charge in [-0.05, 0) is 24.6 Å². The Bertz CT molecular complexity index is 667. The maximum absolute atomic E-state index is 5.94. The van der Waals surface area contributed by atoms with E-state index < -0.39 is 0 Å². The fraction of sp³-hybridized carbons (Fsp3) is 0.0625. The van der Waals surface area contributed by atoms with Gasteiger partial charge in [-0.15, -0.1) is 0 Å². The van der Waals surface area contributed by atoms with E-state index in [-0.39, 0.29) is 0 Å². The van der Waals surface area contributed by atoms with E-state index in [9.17, 15) is 0 Å². The number of thiazole rings is 1. The molecule has 0 radical (unpaired) electrons. The van der Waals surface area contributed by atoms with Crippen molar-refractivity contribution >= 4 is 28.1 Å². The monoisotopic (exact) mass is 300 g/mol. The van der Waals surface area contributed by atoms with E-state index in [2.05, 4.69) is 36.2 Å². The summed E-state index contributed by atoms with van der Waals surface area (Å²) in [7, 11) is 0. The topological polar surface area (TPSA) is 38.9 Å². The number of aryl methyl sites for hydroxylation is 1. The minimum Gasteiger partial charge on any atom is -0.375 e. The zero-order valence-corrected chi connectivity index (χ0v) is 12.5. The molecule has 1 heterocycles. The molecule has 100 valence electrons. The number of rotatable bonds is 2. The number of aromatic nitrogens is 1. The van der Waals surface area contributed by atoms with Crippen molar-refractivity contribution in [2.45, 2.75) is 6.92 Å². The van der Waals surface area contributed by atoms with Crippen molar-refractivity contribution in [3.63, 3.8) is 0 Å². The van der Waals surface area contributed by atoms with Crippen molar-refractivity contribution in [3.8, 4) is 21.7 Å². The first-order valence-corrected chi connectivity index (χ1v) is 7.42. The molecule has 0 bridgehead atoms. The first-order chi connectivity index (χ1) is 9.63. The van der Waals surface area contributed by atoms with Crippen LogP contribution in [0, 0.1) is 6.92 Å². The van der Waals surface area contributed by atoms with Crippen LogP contribution in [0.15, 0.2) is 48.5 Å². The van der Waals surface area contributed by atoms with E-state index in [4.69, 9.17) is 17.3 Å². The summed E-state index contributed by atoms with van der Waals surface area (Å²) >= 11 is 7.44. The number of benzene rings is 2. The number of nitrogen functional groups attached to an aromatic ring is 1. The van der Waals surface area contributed by atoms with Crippen molar-refractivity contribution in [1.29, 1.82) is 0 Å². The lowest BCUT2D eigenvalue weighted by Gasteiger charge is -2.03. The Morgan fingerprint density at radius 1 is 0.950 bits per heavy atom. The first-order valence-electron chi connectivity index (χ1n) is 6.23. The van der Waals surface area contributed by atoms with Gasteiger partial charge in [-0.1, -0.05) is 64.9 Å². The Morgan fingerprint density at radius 3 is 2.20 bits per heavy atom. The molecular weight excluding hydrogens is 288 g/mol. The van der Waals surface area contributed by atoms with Gasteiger partial charge in [-0.25, -0.2) is 4.98 Å². The van der Waals surface area contributed by atoms with Crippen molar-refractivity contribution in [2.24, 2.45) is 0 Å². The Kier molecular flexibility index (Phi) is 3.47. The summed E-state index contributed by atoms with van der Waals surface area (Å²) in [6, 6.07) is 16.1. The number of nitrogens with zero attached hydrogens (tertiary/aromatic N) is 1. The highest BCUT2D eigenvalue weighted by molar-refractivity contribution is 7.19. The average molecular weight is 301 g/mol. The normalized spacial score (nSPS) is 10.7. The predicted molar refractivity (Wildman–Crippen MR) is 87.1 cm³/mol. The van der Waals surface area contributed by atoms with Crippen LogP contribution in [0.2, 0.25) is 5.02 Å². The molecule has 2 N–H and O–H groups in total. The van der Waals surface area contributed by atoms with Crippen molar-refractivity contribution < 1.29 is 0 Å². The Balaban J connectivity index is 2.12. The van der Waals surface area contributed by atoms with Gasteiger partial charge in [-0.2, -0.15) is 0 Å². The van der Waals surface area contributed by atoms with E-state index in [0.717, 1.165) is 21.7 Å². The van der Waals surface area contributed by atoms with Gasteiger partial charge in [0.15, 0.2) is 5.13 Å². The highest BCUT2D eigenvalue weighted by Gasteiger charge is 2.13. The van der Waals surface area contributed by atoms with Gasteiger partial charge in [0.05, 0.1) is 10.6 Å². The van der Waals surface area contributed by atoms with Crippen LogP contribution in [-0.2, 0) is 0 Å². The summed E-state index contributed by atoms with van der Waals surface area (Å²) in [4.78, 5) is 5.55. The molecule has 0 fully saturated rings. The smallest absolute Gasteiger partial charge is 0.181 e. The minimum atomic E-state index is 0.575. The van der Waals surface area contributed by atoms with Crippen LogP contribution in [0.5, 0.6) is 0 Å². The summed E-state index contributed by atoms with van der Waals surface area (Å²) in [5.41, 5.74) is 10.2. The van der Waals surface area contributed by atoms with Gasteiger partial charge in [-0.3, -0.25) is 0 Å². The molecule has 0 saturated carbocycles. The molecule has 0 aliphatic carbocycles. The summed E-state index contributed by atoms with van der Waals surface area (Å²) in [6.45, 7) is 2.07. The maximum atomic E-state index is 5.94. The van der Waals surface area contributed by atoms with E-state index in [1.165, 1.54) is 16.9 Å². The van der Waals surface area contributed by atoms with Crippen molar-refractivity contribution in [2.75, 3.05) is 5.73 Å². The van der Waals surface area contributed by atoms with Gasteiger partial charge < -0.3 is 5.73 Å². The molecule has 3 aromatic rings. The van der Waals surface area contributed by atoms with Gasteiger partial charge in [0.1, 0.15) is 0 Å². The lowest BCUT2D eigenvalue weighted by molar-refractivity contribution is 1.41. The van der Waals surface area contributed by atoms with Gasteiger partial charge in [0.2, 0.25) is 0 Å². The third kappa shape index (κ3) is 2.55. The van der Waals surface area contributed by atoms with Crippen LogP contribution >= 0.6 is 22.9 Å². The molecule has 20 heavy (non-hydrogen) atoms. The number of anilines is 1. The molecule has 0 aliphatic heterocycles. The molecule has 2 aromatic carbocycles. The Hall–Kier alpha value is -1.84. The summed E-state index contributed by atoms with van der Waals surface area (Å²) < 4.78 is 0. The predicted octanol–water partition coefficient (Wildman–Crippen LogP) is 5.02. The van der Waals surface area contributed by atoms with E-state index in [0.29, 0.717) is 10.2 Å². The van der Waals surface area contributed by atoms with Crippen molar-refractivity contribution in [3.05, 3.63) is 59.1 Å². The largest absolute Gasteiger partial charge is 0.375 e. The molecule has 0 atom stereocenters. The van der Waals surface area contributed by atoms with E-state index in [1.807, 2.05) is 24.3 Å². The number of nitrogens with two attached hydrogens (primary N) is 1. The lowest BCUT2D eigenvalue weighted by atomic mass is 10.1. The highest BCUT2D eigenvalue weighted by Crippen LogP contribution is 2.38. The third-order valence-corrected chi connectivity index (χ3v) is 4.26. The fourth-order valence-corrected chi connectivity index (χ4v) is 3.03. The fourth-order valence-electron chi connectivity index (χ4n) is 2.04. The third-order valence-electron chi connectivity index (χ3n) is 3.08. The molecule has 0 saturated heterocycles. The Labute approximate surface area is 126 Å². The molecule has 0 aliphatic rings. The van der Waals surface area contributed by atoms with Crippen LogP contribution in [0.3, 0.4) is 0 Å². The number of halogens is 1. The number of hydrogen-bond acceptors (Lipinski definition) is 3. The van der Waals surface area contributed by atoms with Crippen LogP contribution in [0.25, 0.3) is 21.7 Å². The van der Waals surface area contributed by atoms with Crippen LogP contribution in [0.1, 0.15) is 5.56 Å². The molecular formula is C16H13ClN2S. The van der Waals surface area contributed by atoms with Crippen LogP contribution in [-0.4, -0.2) is 4.98 Å². The summed E-state index contributed by atoms with van der Waals surface area (Å²) in [5.74, 6) is 0. The zero-order valence-electron chi connectivity index (χ0n) is 10.9. The first kappa shape index (κ1) is 13.2. The van der Waals surface area contributed by atoms with Crippen LogP contribution in [0.4, 0.5) is 5.13 Å². The molecule has 3 rings (SSSR count). The molecule has 0 spiro atoms. The lowest BCUT2D eigenvalue weighted by Crippen LogP contribution is -1.84. The van der Waals surface area contributed by atoms with E-state index >= 15 is 0 Å². The second-order valence-electron chi connectivity index (χ2n) is 4.60. The van der Waals surface area contributed by atoms with Gasteiger partial charge in [0, 0.05) is 10.6 Å². The molecule has 0 amide bonds. The zero-order chi connectivity index (χ0) is 14.1. The quantitative estimate of drug-likeness (QED) is 0.721. The van der Waals surface area contributed by atoms with Gasteiger partial charge >= 0.3 is 0 Å². The average Bonchev–Trinajstić information content (AvgIpc) is 2.82. The highest BCUT2D eigenvalue weighted by atomic mass is 35.5. The molecule has 4 heteroatoms. The summed E-state index contributed by atoms with van der Waals surface area (Å²) in [5, 5.41) is 1.29. The molecule has 0 unspecified atom stereocenters. The maximum Gasteiger partial charge on any atom is 0.181 e. The van der Waals surface area contributed by atoms with Crippen LogP contribution < -0.4 is 5.73 Å². The summed E-state index contributed by atoms with van der Waals surface area (Å²) in [6.07, 6.45) is 0. The Morgan fingerprint density at radius 2 is 1.55 bits per heavy atom. The standard InChI is InChI=1S/C16H13ClN2S/c1-10-2-4-12(5-3-10)15-14(19-16(18)20-15)11-6-8-13(17)9-7-11/h2-9H,1H3,(H2,18,19). The second-order valence-corrected chi connectivity index (χ2v) is 6.07. The van der Waals surface area contributed by atoms with Crippen molar-refractivity contribution in [1.82, 2.24) is 4.98 Å². The van der Waals surface area contributed by atoms with E-state index in [1.54, 1.807) is 0 Å². The second kappa shape index (κ2) is 5.27. The van der Waals surface area contributed by atoms with Gasteiger partial charge in [0.25, 0.3) is 0 Å². The molecule has 2 nitrogen and oxygen atoms in total. The SMILES string of the molecule is Cc1ccc(-c2sc(N)nc2-c2ccc(Cl)cc2)cc1.